The number of ether oxygens (including phenoxy) is 4. The number of methoxy groups -OCH3 is 2. The van der Waals surface area contributed by atoms with Gasteiger partial charge in [-0.3, -0.25) is 4.79 Å². The average molecular weight is 440 g/mol. The highest BCUT2D eigenvalue weighted by atomic mass is 16.5. The monoisotopic (exact) mass is 439 g/mol. The van der Waals surface area contributed by atoms with Crippen LogP contribution in [-0.2, 0) is 11.3 Å². The fraction of sp³-hybridized carbons (Fsp3) is 0.500. The molecule has 0 unspecified atom stereocenters. The van der Waals surface area contributed by atoms with Crippen LogP contribution < -0.4 is 14.2 Å². The number of carbonyl (C=O) groups is 1. The maximum Gasteiger partial charge on any atom is 0.261 e. The Hall–Kier alpha value is -2.73. The molecule has 1 saturated carbocycles. The number of nitrogens with zero attached hydrogens (tertiary/aromatic N) is 1. The van der Waals surface area contributed by atoms with Gasteiger partial charge < -0.3 is 23.8 Å². The smallest absolute Gasteiger partial charge is 0.261 e. The minimum absolute atomic E-state index is 0.0587. The molecule has 0 bridgehead atoms. The van der Waals surface area contributed by atoms with Gasteiger partial charge in [0.2, 0.25) is 0 Å². The maximum absolute atomic E-state index is 13.8. The van der Waals surface area contributed by atoms with Crippen LogP contribution in [0.25, 0.3) is 0 Å². The third kappa shape index (κ3) is 4.85. The van der Waals surface area contributed by atoms with Crippen LogP contribution in [0.4, 0.5) is 0 Å². The van der Waals surface area contributed by atoms with Gasteiger partial charge in [0.1, 0.15) is 22.8 Å². The second kappa shape index (κ2) is 9.82. The van der Waals surface area contributed by atoms with E-state index in [0.29, 0.717) is 30.2 Å². The Morgan fingerprint density at radius 2 is 1.72 bits per heavy atom. The first-order valence-electron chi connectivity index (χ1n) is 11.3. The van der Waals surface area contributed by atoms with Crippen LogP contribution in [0.15, 0.2) is 42.5 Å². The molecule has 6 heteroatoms. The molecular formula is C26H33NO5. The van der Waals surface area contributed by atoms with E-state index in [-0.39, 0.29) is 17.4 Å². The molecule has 0 radical (unpaired) electrons. The molecule has 1 amide bonds. The molecule has 1 saturated heterocycles. The van der Waals surface area contributed by atoms with Crippen molar-refractivity contribution in [2.75, 3.05) is 34.0 Å². The summed E-state index contributed by atoms with van der Waals surface area (Å²) in [6.45, 7) is 4.78. The van der Waals surface area contributed by atoms with E-state index >= 15 is 0 Å². The van der Waals surface area contributed by atoms with Crippen molar-refractivity contribution in [3.8, 4) is 17.2 Å². The Labute approximate surface area is 190 Å². The molecular weight excluding hydrogens is 406 g/mol. The van der Waals surface area contributed by atoms with Gasteiger partial charge in [0.25, 0.3) is 5.91 Å². The lowest BCUT2D eigenvalue weighted by atomic mass is 9.90. The number of rotatable bonds is 9. The van der Waals surface area contributed by atoms with Crippen LogP contribution in [-0.4, -0.2) is 50.9 Å². The predicted octanol–water partition coefficient (Wildman–Crippen LogP) is 4.70. The molecule has 2 aromatic carbocycles. The Bertz CT molecular complexity index is 911. The Balaban J connectivity index is 1.57. The summed E-state index contributed by atoms with van der Waals surface area (Å²) in [5, 5.41) is 0. The molecule has 32 heavy (non-hydrogen) atoms. The zero-order chi connectivity index (χ0) is 22.6. The molecule has 1 aliphatic carbocycles. The van der Waals surface area contributed by atoms with Crippen molar-refractivity contribution in [2.24, 2.45) is 5.41 Å². The molecule has 4 rings (SSSR count). The molecule has 172 valence electrons. The lowest BCUT2D eigenvalue weighted by Crippen LogP contribution is -2.44. The van der Waals surface area contributed by atoms with Crippen LogP contribution in [0.2, 0.25) is 0 Å². The number of benzene rings is 2. The van der Waals surface area contributed by atoms with E-state index in [2.05, 4.69) is 13.0 Å². The Morgan fingerprint density at radius 3 is 2.31 bits per heavy atom. The van der Waals surface area contributed by atoms with Crippen LogP contribution in [0.3, 0.4) is 0 Å². The van der Waals surface area contributed by atoms with Gasteiger partial charge in [-0.25, -0.2) is 0 Å². The van der Waals surface area contributed by atoms with Crippen molar-refractivity contribution < 1.29 is 23.7 Å². The van der Waals surface area contributed by atoms with Crippen LogP contribution in [0, 0.1) is 5.41 Å². The molecule has 0 aromatic heterocycles. The third-order valence-corrected chi connectivity index (χ3v) is 6.41. The predicted molar refractivity (Wildman–Crippen MR) is 123 cm³/mol. The average Bonchev–Trinajstić information content (AvgIpc) is 3.34. The van der Waals surface area contributed by atoms with Crippen molar-refractivity contribution in [3.63, 3.8) is 0 Å². The zero-order valence-corrected chi connectivity index (χ0v) is 19.3. The summed E-state index contributed by atoms with van der Waals surface area (Å²) in [5.74, 6) is 1.83. The van der Waals surface area contributed by atoms with Gasteiger partial charge in [0.15, 0.2) is 0 Å². The van der Waals surface area contributed by atoms with Crippen molar-refractivity contribution in [3.05, 3.63) is 53.6 Å². The Kier molecular flexibility index (Phi) is 6.89. The third-order valence-electron chi connectivity index (χ3n) is 6.41. The highest BCUT2D eigenvalue weighted by Gasteiger charge is 2.34. The molecule has 6 nitrogen and oxygen atoms in total. The topological polar surface area (TPSA) is 57.2 Å². The molecule has 2 fully saturated rings. The van der Waals surface area contributed by atoms with Crippen molar-refractivity contribution in [1.29, 1.82) is 0 Å². The van der Waals surface area contributed by atoms with Gasteiger partial charge >= 0.3 is 0 Å². The summed E-state index contributed by atoms with van der Waals surface area (Å²) in [6, 6.07) is 13.7. The van der Waals surface area contributed by atoms with Crippen LogP contribution >= 0.6 is 0 Å². The molecule has 2 aliphatic rings. The minimum atomic E-state index is -0.0587. The van der Waals surface area contributed by atoms with Gasteiger partial charge in [-0.1, -0.05) is 38.0 Å². The van der Waals surface area contributed by atoms with Crippen molar-refractivity contribution in [2.45, 2.75) is 45.2 Å². The van der Waals surface area contributed by atoms with E-state index in [1.54, 1.807) is 14.2 Å². The lowest BCUT2D eigenvalue weighted by molar-refractivity contribution is -0.120. The van der Waals surface area contributed by atoms with Gasteiger partial charge in [-0.2, -0.15) is 0 Å². The largest absolute Gasteiger partial charge is 0.496 e. The van der Waals surface area contributed by atoms with Gasteiger partial charge in [-0.05, 0) is 42.7 Å². The molecule has 1 aliphatic heterocycles. The fourth-order valence-electron chi connectivity index (χ4n) is 4.51. The van der Waals surface area contributed by atoms with E-state index in [1.165, 1.54) is 0 Å². The van der Waals surface area contributed by atoms with E-state index < -0.39 is 0 Å². The molecule has 0 N–H and O–H groups in total. The van der Waals surface area contributed by atoms with Crippen LogP contribution in [0.1, 0.15) is 48.5 Å². The summed E-state index contributed by atoms with van der Waals surface area (Å²) in [4.78, 5) is 15.8. The lowest BCUT2D eigenvalue weighted by Gasteiger charge is -2.37. The molecule has 2 aromatic rings. The molecule has 0 spiro atoms. The SMILES string of the molecule is COc1cccc(OC)c1C(=O)N(Cc1cccc(OCC2(C)COC2)c1)C1CCCC1. The highest BCUT2D eigenvalue weighted by Crippen LogP contribution is 2.34. The number of hydrogen-bond donors (Lipinski definition) is 0. The minimum Gasteiger partial charge on any atom is -0.496 e. The first-order valence-corrected chi connectivity index (χ1v) is 11.3. The quantitative estimate of drug-likeness (QED) is 0.567. The van der Waals surface area contributed by atoms with E-state index in [9.17, 15) is 4.79 Å². The normalized spacial score (nSPS) is 17.5. The number of carbonyl (C=O) groups excluding carboxylic acids is 1. The molecule has 0 atom stereocenters. The van der Waals surface area contributed by atoms with E-state index in [1.807, 2.05) is 41.3 Å². The van der Waals surface area contributed by atoms with Gasteiger partial charge in [0, 0.05) is 18.0 Å². The molecule has 1 heterocycles. The van der Waals surface area contributed by atoms with E-state index in [0.717, 1.165) is 50.2 Å². The first-order chi connectivity index (χ1) is 15.5. The second-order valence-electron chi connectivity index (χ2n) is 9.15. The first kappa shape index (κ1) is 22.5. The standard InChI is InChI=1S/C26H33NO5/c1-26(16-31-17-26)18-32-21-11-6-8-19(14-21)15-27(20-9-4-5-10-20)25(28)24-22(29-2)12-7-13-23(24)30-3/h6-8,11-14,20H,4-5,9-10,15-18H2,1-3H3. The summed E-state index contributed by atoms with van der Waals surface area (Å²) >= 11 is 0. The van der Waals surface area contributed by atoms with Gasteiger partial charge in [0.05, 0.1) is 34.0 Å². The van der Waals surface area contributed by atoms with Gasteiger partial charge in [-0.15, -0.1) is 0 Å². The van der Waals surface area contributed by atoms with Crippen molar-refractivity contribution >= 4 is 5.91 Å². The summed E-state index contributed by atoms with van der Waals surface area (Å²) in [7, 11) is 3.17. The number of amides is 1. The second-order valence-corrected chi connectivity index (χ2v) is 9.15. The van der Waals surface area contributed by atoms with Crippen molar-refractivity contribution in [1.82, 2.24) is 4.90 Å². The number of hydrogen-bond acceptors (Lipinski definition) is 5. The summed E-state index contributed by atoms with van der Waals surface area (Å²) < 4.78 is 22.4. The highest BCUT2D eigenvalue weighted by molar-refractivity contribution is 6.00. The Morgan fingerprint density at radius 1 is 1.06 bits per heavy atom. The van der Waals surface area contributed by atoms with Crippen LogP contribution in [0.5, 0.6) is 17.2 Å². The fourth-order valence-corrected chi connectivity index (χ4v) is 4.51. The van der Waals surface area contributed by atoms with E-state index in [4.69, 9.17) is 18.9 Å². The zero-order valence-electron chi connectivity index (χ0n) is 19.3. The summed E-state index contributed by atoms with van der Waals surface area (Å²) in [6.07, 6.45) is 4.30. The maximum atomic E-state index is 13.8. The summed E-state index contributed by atoms with van der Waals surface area (Å²) in [5.41, 5.74) is 1.61.